The van der Waals surface area contributed by atoms with E-state index in [-0.39, 0.29) is 19.4 Å². The average Bonchev–Trinajstić information content (AvgIpc) is 2.67. The molecule has 1 amide bonds. The number of nitrogens with zero attached hydrogens (tertiary/aromatic N) is 2. The van der Waals surface area contributed by atoms with Crippen molar-refractivity contribution in [2.24, 2.45) is 5.73 Å². The first-order valence-corrected chi connectivity index (χ1v) is 10.6. The van der Waals surface area contributed by atoms with Gasteiger partial charge in [0.2, 0.25) is 5.91 Å². The minimum atomic E-state index is -0.692. The van der Waals surface area contributed by atoms with Crippen LogP contribution >= 0.6 is 25.7 Å². The van der Waals surface area contributed by atoms with Gasteiger partial charge in [-0.2, -0.15) is 18.6 Å². The molecule has 0 aromatic carbocycles. The molecular weight excluding hydrogens is 386 g/mol. The lowest BCUT2D eigenvalue weighted by Gasteiger charge is -2.41. The second kappa shape index (κ2) is 13.2. The Bertz CT molecular complexity index is 417. The SMILES string of the molecule is CCCCCCOC1CCN(OSN(C)C2(C(N)=O)CCOCC2)CC1.S. The molecule has 0 saturated carbocycles. The Hall–Kier alpha value is -0.0300. The van der Waals surface area contributed by atoms with Gasteiger partial charge in [0.25, 0.3) is 0 Å². The number of hydrogen-bond acceptors (Lipinski definition) is 7. The van der Waals surface area contributed by atoms with E-state index in [1.165, 1.54) is 31.5 Å². The summed E-state index contributed by atoms with van der Waals surface area (Å²) >= 11 is 1.21. The molecule has 0 bridgehead atoms. The summed E-state index contributed by atoms with van der Waals surface area (Å²) < 4.78 is 19.1. The fraction of sp³-hybridized carbons (Fsp3) is 0.944. The van der Waals surface area contributed by atoms with Crippen molar-refractivity contribution in [1.82, 2.24) is 9.37 Å². The number of ether oxygens (including phenoxy) is 2. The first-order valence-electron chi connectivity index (χ1n) is 9.91. The lowest BCUT2D eigenvalue weighted by molar-refractivity contribution is -0.133. The van der Waals surface area contributed by atoms with Gasteiger partial charge in [-0.15, -0.1) is 0 Å². The maximum Gasteiger partial charge on any atom is 0.239 e. The molecule has 9 heteroatoms. The summed E-state index contributed by atoms with van der Waals surface area (Å²) in [6, 6.07) is 0. The summed E-state index contributed by atoms with van der Waals surface area (Å²) in [6.45, 7) is 5.87. The molecule has 2 heterocycles. The van der Waals surface area contributed by atoms with Crippen LogP contribution in [-0.2, 0) is 18.6 Å². The van der Waals surface area contributed by atoms with E-state index in [0.717, 1.165) is 39.0 Å². The molecule has 0 atom stereocenters. The van der Waals surface area contributed by atoms with E-state index < -0.39 is 5.54 Å². The lowest BCUT2D eigenvalue weighted by Crippen LogP contribution is -2.56. The van der Waals surface area contributed by atoms with Crippen LogP contribution < -0.4 is 5.73 Å². The smallest absolute Gasteiger partial charge is 0.239 e. The van der Waals surface area contributed by atoms with Crippen molar-refractivity contribution in [2.45, 2.75) is 69.9 Å². The maximum absolute atomic E-state index is 12.0. The van der Waals surface area contributed by atoms with Gasteiger partial charge in [-0.3, -0.25) is 4.79 Å². The van der Waals surface area contributed by atoms with Crippen molar-refractivity contribution in [1.29, 1.82) is 0 Å². The Balaban J connectivity index is 0.00000364. The number of hydroxylamine groups is 2. The number of hydrogen-bond donors (Lipinski definition) is 1. The summed E-state index contributed by atoms with van der Waals surface area (Å²) in [4.78, 5) is 12.0. The summed E-state index contributed by atoms with van der Waals surface area (Å²) in [7, 11) is 1.87. The zero-order valence-electron chi connectivity index (χ0n) is 16.8. The average molecular weight is 424 g/mol. The summed E-state index contributed by atoms with van der Waals surface area (Å²) in [5, 5.41) is 1.95. The van der Waals surface area contributed by atoms with Crippen LogP contribution in [0.3, 0.4) is 0 Å². The molecule has 2 fully saturated rings. The van der Waals surface area contributed by atoms with E-state index in [1.54, 1.807) is 0 Å². The van der Waals surface area contributed by atoms with E-state index in [2.05, 4.69) is 6.92 Å². The highest BCUT2D eigenvalue weighted by Gasteiger charge is 2.43. The molecule has 7 nitrogen and oxygen atoms in total. The van der Waals surface area contributed by atoms with Crippen LogP contribution in [-0.4, -0.2) is 66.9 Å². The Morgan fingerprint density at radius 2 is 1.93 bits per heavy atom. The van der Waals surface area contributed by atoms with Crippen LogP contribution in [0.4, 0.5) is 0 Å². The summed E-state index contributed by atoms with van der Waals surface area (Å²) in [5.41, 5.74) is 4.98. The molecule has 27 heavy (non-hydrogen) atoms. The molecule has 2 N–H and O–H groups in total. The maximum atomic E-state index is 12.0. The molecule has 160 valence electrons. The fourth-order valence-electron chi connectivity index (χ4n) is 3.45. The van der Waals surface area contributed by atoms with Crippen LogP contribution in [0.5, 0.6) is 0 Å². The molecule has 0 aromatic heterocycles. The van der Waals surface area contributed by atoms with Gasteiger partial charge in [0.05, 0.1) is 6.10 Å². The van der Waals surface area contributed by atoms with Gasteiger partial charge in [0.1, 0.15) is 17.8 Å². The van der Waals surface area contributed by atoms with Gasteiger partial charge >= 0.3 is 0 Å². The highest BCUT2D eigenvalue weighted by molar-refractivity contribution is 7.92. The third-order valence-electron chi connectivity index (χ3n) is 5.38. The van der Waals surface area contributed by atoms with E-state index in [9.17, 15) is 4.79 Å². The number of primary amides is 1. The number of amides is 1. The van der Waals surface area contributed by atoms with Gasteiger partial charge in [0.15, 0.2) is 0 Å². The first kappa shape index (κ1) is 25.0. The third kappa shape index (κ3) is 7.72. The number of rotatable bonds is 11. The number of carbonyl (C=O) groups is 1. The number of unbranched alkanes of at least 4 members (excludes halogenated alkanes) is 3. The van der Waals surface area contributed by atoms with E-state index in [1.807, 2.05) is 16.4 Å². The molecule has 2 rings (SSSR count). The molecule has 0 aromatic rings. The van der Waals surface area contributed by atoms with Gasteiger partial charge in [-0.05, 0) is 32.1 Å². The van der Waals surface area contributed by atoms with Crippen LogP contribution in [0, 0.1) is 0 Å². The fourth-order valence-corrected chi connectivity index (χ4v) is 4.20. The van der Waals surface area contributed by atoms with Crippen LogP contribution in [0.2, 0.25) is 0 Å². The van der Waals surface area contributed by atoms with Crippen molar-refractivity contribution >= 4 is 31.6 Å². The minimum absolute atomic E-state index is 0. The topological polar surface area (TPSA) is 77.3 Å². The predicted octanol–water partition coefficient (Wildman–Crippen LogP) is 2.62. The molecule has 0 aliphatic carbocycles. The quantitative estimate of drug-likeness (QED) is 0.311. The zero-order chi connectivity index (χ0) is 18.8. The van der Waals surface area contributed by atoms with Crippen molar-refractivity contribution in [2.75, 3.05) is 40.0 Å². The first-order chi connectivity index (χ1) is 12.6. The van der Waals surface area contributed by atoms with Crippen LogP contribution in [0.25, 0.3) is 0 Å². The monoisotopic (exact) mass is 423 g/mol. The lowest BCUT2D eigenvalue weighted by atomic mass is 9.89. The van der Waals surface area contributed by atoms with Crippen LogP contribution in [0.15, 0.2) is 0 Å². The Morgan fingerprint density at radius 1 is 1.26 bits per heavy atom. The predicted molar refractivity (Wildman–Crippen MR) is 113 cm³/mol. The molecular formula is C18H37N3O4S2. The van der Waals surface area contributed by atoms with Gasteiger partial charge < -0.3 is 15.2 Å². The number of nitrogens with two attached hydrogens (primary N) is 1. The molecule has 2 saturated heterocycles. The molecule has 0 spiro atoms. The minimum Gasteiger partial charge on any atom is -0.381 e. The Kier molecular flexibility index (Phi) is 12.3. The van der Waals surface area contributed by atoms with Crippen molar-refractivity contribution in [3.63, 3.8) is 0 Å². The molecule has 0 radical (unpaired) electrons. The second-order valence-electron chi connectivity index (χ2n) is 7.21. The zero-order valence-corrected chi connectivity index (χ0v) is 18.6. The number of piperidine rings is 1. The summed E-state index contributed by atoms with van der Waals surface area (Å²) in [5.74, 6) is -0.311. The van der Waals surface area contributed by atoms with Gasteiger partial charge in [-0.1, -0.05) is 26.2 Å². The number of carbonyl (C=O) groups excluding carboxylic acids is 1. The Morgan fingerprint density at radius 3 is 2.52 bits per heavy atom. The Labute approximate surface area is 175 Å². The molecule has 2 aliphatic rings. The second-order valence-corrected chi connectivity index (χ2v) is 8.06. The molecule has 2 aliphatic heterocycles. The van der Waals surface area contributed by atoms with E-state index in [4.69, 9.17) is 19.5 Å². The van der Waals surface area contributed by atoms with Crippen molar-refractivity contribution < 1.29 is 18.6 Å². The van der Waals surface area contributed by atoms with E-state index >= 15 is 0 Å². The van der Waals surface area contributed by atoms with Gasteiger partial charge in [-0.25, -0.2) is 8.59 Å². The molecule has 0 unspecified atom stereocenters. The highest BCUT2D eigenvalue weighted by Crippen LogP contribution is 2.33. The van der Waals surface area contributed by atoms with Crippen molar-refractivity contribution in [3.8, 4) is 0 Å². The van der Waals surface area contributed by atoms with E-state index in [0.29, 0.717) is 32.2 Å². The largest absolute Gasteiger partial charge is 0.381 e. The van der Waals surface area contributed by atoms with Gasteiger partial charge in [0, 0.05) is 40.0 Å². The van der Waals surface area contributed by atoms with Crippen molar-refractivity contribution in [3.05, 3.63) is 0 Å². The standard InChI is InChI=1S/C18H35N3O4S.H2S/c1-3-4-5-6-13-24-16-7-11-21(12-8-16)25-26-20(2)18(17(19)22)9-14-23-15-10-18;/h16H,3-15H2,1-2H3,(H2,19,22);1H2. The van der Waals surface area contributed by atoms with Crippen LogP contribution in [0.1, 0.15) is 58.3 Å². The normalized spacial score (nSPS) is 21.1. The number of likely N-dealkylation sites (N-methyl/N-ethyl adjacent to an activating group) is 1. The third-order valence-corrected chi connectivity index (χ3v) is 6.23. The summed E-state index contributed by atoms with van der Waals surface area (Å²) in [6.07, 6.45) is 8.46. The highest BCUT2D eigenvalue weighted by atomic mass is 32.2.